The number of halogens is 3. The Morgan fingerprint density at radius 1 is 1.13 bits per heavy atom. The molecule has 2 atom stereocenters. The van der Waals surface area contributed by atoms with Crippen LogP contribution in [0.4, 0.5) is 24.7 Å². The topological polar surface area (TPSA) is 52.6 Å². The first-order chi connectivity index (χ1) is 14.3. The van der Waals surface area contributed by atoms with Crippen molar-refractivity contribution in [2.75, 3.05) is 36.5 Å². The number of carbonyl (C=O) groups is 1. The van der Waals surface area contributed by atoms with E-state index in [4.69, 9.17) is 0 Å². The summed E-state index contributed by atoms with van der Waals surface area (Å²) in [6.07, 6.45) is -0.00957. The molecule has 2 aromatic rings. The molecule has 0 radical (unpaired) electrons. The lowest BCUT2D eigenvalue weighted by Crippen LogP contribution is -2.46. The monoisotopic (exact) mass is 419 g/mol. The Hall–Kier alpha value is -2.68. The van der Waals surface area contributed by atoms with Crippen LogP contribution in [0.5, 0.6) is 0 Å². The molecule has 0 aliphatic carbocycles. The maximum absolute atomic E-state index is 13.0. The molecule has 0 bridgehead atoms. The van der Waals surface area contributed by atoms with Gasteiger partial charge in [0.1, 0.15) is 0 Å². The van der Waals surface area contributed by atoms with Crippen LogP contribution in [0, 0.1) is 0 Å². The summed E-state index contributed by atoms with van der Waals surface area (Å²) in [6.45, 7) is 2.12. The first kappa shape index (κ1) is 20.6. The van der Waals surface area contributed by atoms with Crippen molar-refractivity contribution in [1.29, 1.82) is 0 Å². The van der Waals surface area contributed by atoms with Crippen molar-refractivity contribution >= 4 is 17.4 Å². The van der Waals surface area contributed by atoms with Crippen LogP contribution in [0.1, 0.15) is 24.8 Å². The Morgan fingerprint density at radius 3 is 2.57 bits per heavy atom. The van der Waals surface area contributed by atoms with Crippen molar-refractivity contribution in [1.82, 2.24) is 15.1 Å². The molecule has 1 aromatic carbocycles. The van der Waals surface area contributed by atoms with E-state index in [0.29, 0.717) is 25.2 Å². The smallest absolute Gasteiger partial charge is 0.351 e. The number of aromatic nitrogens is 2. The Morgan fingerprint density at radius 2 is 1.90 bits per heavy atom. The summed E-state index contributed by atoms with van der Waals surface area (Å²) in [5.41, 5.74) is -0.206. The highest BCUT2D eigenvalue weighted by molar-refractivity contribution is 5.99. The molecule has 0 N–H and O–H groups in total. The number of rotatable bonds is 5. The number of hydrogen-bond acceptors (Lipinski definition) is 5. The molecule has 2 saturated heterocycles. The van der Waals surface area contributed by atoms with Gasteiger partial charge in [-0.3, -0.25) is 9.69 Å². The summed E-state index contributed by atoms with van der Waals surface area (Å²) in [4.78, 5) is 18.9. The van der Waals surface area contributed by atoms with Gasteiger partial charge in [-0.2, -0.15) is 18.3 Å². The summed E-state index contributed by atoms with van der Waals surface area (Å²) in [5, 5.41) is 8.17. The molecule has 1 amide bonds. The molecular formula is C21H24F3N5O. The highest BCUT2D eigenvalue weighted by Crippen LogP contribution is 2.32. The number of nitrogens with zero attached hydrogens (tertiary/aromatic N) is 5. The average molecular weight is 419 g/mol. The molecule has 30 heavy (non-hydrogen) atoms. The molecule has 2 unspecified atom stereocenters. The van der Waals surface area contributed by atoms with E-state index in [0.717, 1.165) is 37.3 Å². The van der Waals surface area contributed by atoms with Gasteiger partial charge in [0.2, 0.25) is 5.91 Å². The van der Waals surface area contributed by atoms with Crippen LogP contribution in [0.15, 0.2) is 42.6 Å². The summed E-state index contributed by atoms with van der Waals surface area (Å²) < 4.78 is 38.4. The first-order valence-electron chi connectivity index (χ1n) is 10.1. The lowest BCUT2D eigenvalue weighted by atomic mass is 10.1. The Kier molecular flexibility index (Phi) is 5.64. The van der Waals surface area contributed by atoms with E-state index in [1.807, 2.05) is 19.2 Å². The Balaban J connectivity index is 1.41. The Bertz CT molecular complexity index is 874. The second kappa shape index (κ2) is 8.22. The normalized spacial score (nSPS) is 22.4. The van der Waals surface area contributed by atoms with Crippen molar-refractivity contribution in [2.24, 2.45) is 0 Å². The van der Waals surface area contributed by atoms with E-state index >= 15 is 0 Å². The van der Waals surface area contributed by atoms with Gasteiger partial charge in [0, 0.05) is 37.6 Å². The van der Waals surface area contributed by atoms with E-state index in [2.05, 4.69) is 20.0 Å². The predicted octanol–water partition coefficient (Wildman–Crippen LogP) is 3.20. The second-order valence-electron chi connectivity index (χ2n) is 7.85. The lowest BCUT2D eigenvalue weighted by molar-refractivity contribution is -0.137. The van der Waals surface area contributed by atoms with Gasteiger partial charge in [-0.25, -0.2) is 0 Å². The standard InChI is InChI=1S/C21H24F3N5O/c1-27(14-17-4-3-12-28(17)19-5-2-11-25-26-19)18-10-13-29(20(18)30)16-8-6-15(7-9-16)21(22,23)24/h2,5-9,11,17-18H,3-4,10,12-14H2,1H3. The number of likely N-dealkylation sites (N-methyl/N-ethyl adjacent to an activating group) is 1. The van der Waals surface area contributed by atoms with E-state index < -0.39 is 11.7 Å². The summed E-state index contributed by atoms with van der Waals surface area (Å²) in [7, 11) is 1.94. The van der Waals surface area contributed by atoms with Crippen LogP contribution in [0.2, 0.25) is 0 Å². The number of anilines is 2. The van der Waals surface area contributed by atoms with E-state index in [9.17, 15) is 18.0 Å². The van der Waals surface area contributed by atoms with Gasteiger partial charge in [0.25, 0.3) is 0 Å². The summed E-state index contributed by atoms with van der Waals surface area (Å²) in [5.74, 6) is 0.777. The quantitative estimate of drug-likeness (QED) is 0.745. The lowest BCUT2D eigenvalue weighted by Gasteiger charge is -2.31. The number of hydrogen-bond donors (Lipinski definition) is 0. The highest BCUT2D eigenvalue weighted by atomic mass is 19.4. The Labute approximate surface area is 173 Å². The minimum atomic E-state index is -4.38. The molecule has 2 aliphatic heterocycles. The maximum atomic E-state index is 13.0. The van der Waals surface area contributed by atoms with Crippen molar-refractivity contribution in [3.8, 4) is 0 Å². The van der Waals surface area contributed by atoms with Gasteiger partial charge in [-0.1, -0.05) is 0 Å². The summed E-state index contributed by atoms with van der Waals surface area (Å²) >= 11 is 0. The van der Waals surface area contributed by atoms with Crippen molar-refractivity contribution < 1.29 is 18.0 Å². The third-order valence-electron chi connectivity index (χ3n) is 5.94. The molecule has 9 heteroatoms. The first-order valence-corrected chi connectivity index (χ1v) is 10.1. The zero-order chi connectivity index (χ0) is 21.3. The molecule has 6 nitrogen and oxygen atoms in total. The molecule has 2 fully saturated rings. The molecule has 2 aliphatic rings. The highest BCUT2D eigenvalue weighted by Gasteiger charge is 2.38. The van der Waals surface area contributed by atoms with Crippen LogP contribution in [0.25, 0.3) is 0 Å². The van der Waals surface area contributed by atoms with Crippen molar-refractivity contribution in [3.05, 3.63) is 48.2 Å². The number of carbonyl (C=O) groups excluding carboxylic acids is 1. The molecule has 160 valence electrons. The van der Waals surface area contributed by atoms with E-state index in [1.54, 1.807) is 11.1 Å². The fourth-order valence-electron chi connectivity index (χ4n) is 4.39. The zero-order valence-corrected chi connectivity index (χ0v) is 16.7. The SMILES string of the molecule is CN(CC1CCCN1c1cccnn1)C1CCN(c2ccc(C(F)(F)F)cc2)C1=O. The third-order valence-corrected chi connectivity index (χ3v) is 5.94. The summed E-state index contributed by atoms with van der Waals surface area (Å²) in [6, 6.07) is 8.57. The number of benzene rings is 1. The molecule has 4 rings (SSSR count). The average Bonchev–Trinajstić information content (AvgIpc) is 3.34. The zero-order valence-electron chi connectivity index (χ0n) is 16.7. The molecular weight excluding hydrogens is 395 g/mol. The number of alkyl halides is 3. The number of amides is 1. The minimum Gasteiger partial charge on any atom is -0.351 e. The molecule has 1 aromatic heterocycles. The van der Waals surface area contributed by atoms with Gasteiger partial charge in [0.05, 0.1) is 11.6 Å². The van der Waals surface area contributed by atoms with Crippen LogP contribution in [-0.2, 0) is 11.0 Å². The predicted molar refractivity (Wildman–Crippen MR) is 107 cm³/mol. The van der Waals surface area contributed by atoms with Crippen LogP contribution < -0.4 is 9.80 Å². The fraction of sp³-hybridized carbons (Fsp3) is 0.476. The minimum absolute atomic E-state index is 0.0682. The van der Waals surface area contributed by atoms with E-state index in [-0.39, 0.29) is 18.0 Å². The molecule has 3 heterocycles. The third kappa shape index (κ3) is 4.12. The molecule has 0 spiro atoms. The van der Waals surface area contributed by atoms with Gasteiger partial charge >= 0.3 is 6.18 Å². The fourth-order valence-corrected chi connectivity index (χ4v) is 4.39. The van der Waals surface area contributed by atoms with E-state index in [1.165, 1.54) is 12.1 Å². The van der Waals surface area contributed by atoms with Gasteiger partial charge in [-0.05, 0) is 62.7 Å². The maximum Gasteiger partial charge on any atom is 0.416 e. The second-order valence-corrected chi connectivity index (χ2v) is 7.85. The van der Waals surface area contributed by atoms with Crippen LogP contribution in [-0.4, -0.2) is 59.8 Å². The molecule has 0 saturated carbocycles. The van der Waals surface area contributed by atoms with Crippen LogP contribution in [0.3, 0.4) is 0 Å². The van der Waals surface area contributed by atoms with Crippen LogP contribution >= 0.6 is 0 Å². The largest absolute Gasteiger partial charge is 0.416 e. The van der Waals surface area contributed by atoms with Crippen molar-refractivity contribution in [2.45, 2.75) is 37.5 Å². The van der Waals surface area contributed by atoms with Gasteiger partial charge in [0.15, 0.2) is 5.82 Å². The van der Waals surface area contributed by atoms with Crippen molar-refractivity contribution in [3.63, 3.8) is 0 Å². The van der Waals surface area contributed by atoms with Gasteiger partial charge in [-0.15, -0.1) is 5.10 Å². The van der Waals surface area contributed by atoms with Gasteiger partial charge < -0.3 is 9.80 Å².